The molecule has 1 aliphatic rings. The molecular formula is C17H20N4OS. The van der Waals surface area contributed by atoms with E-state index in [0.717, 1.165) is 31.0 Å². The third-order valence-electron chi connectivity index (χ3n) is 3.80. The molecule has 1 amide bonds. The zero-order valence-electron chi connectivity index (χ0n) is 13.1. The lowest BCUT2D eigenvalue weighted by Crippen LogP contribution is -2.33. The van der Waals surface area contributed by atoms with Crippen LogP contribution < -0.4 is 5.32 Å². The molecule has 120 valence electrons. The van der Waals surface area contributed by atoms with Crippen LogP contribution in [0.25, 0.3) is 0 Å². The molecule has 1 aliphatic heterocycles. The lowest BCUT2D eigenvalue weighted by atomic mass is 10.1. The number of carbonyl (C=O) groups is 1. The van der Waals surface area contributed by atoms with Crippen LogP contribution in [-0.2, 0) is 0 Å². The van der Waals surface area contributed by atoms with Gasteiger partial charge >= 0.3 is 0 Å². The minimum atomic E-state index is 0.0995. The maximum absolute atomic E-state index is 12.7. The van der Waals surface area contributed by atoms with Gasteiger partial charge in [0.15, 0.2) is 0 Å². The molecule has 2 heterocycles. The summed E-state index contributed by atoms with van der Waals surface area (Å²) in [6, 6.07) is 7.55. The van der Waals surface area contributed by atoms with Crippen LogP contribution in [0.1, 0.15) is 23.7 Å². The van der Waals surface area contributed by atoms with E-state index < -0.39 is 0 Å². The summed E-state index contributed by atoms with van der Waals surface area (Å²) in [5, 5.41) is 3.80. The fourth-order valence-corrected chi connectivity index (χ4v) is 3.52. The zero-order chi connectivity index (χ0) is 16.1. The van der Waals surface area contributed by atoms with Crippen molar-refractivity contribution < 1.29 is 4.79 Å². The average Bonchev–Trinajstić information content (AvgIpc) is 2.80. The van der Waals surface area contributed by atoms with Crippen molar-refractivity contribution >= 4 is 29.2 Å². The van der Waals surface area contributed by atoms with Crippen LogP contribution >= 0.6 is 11.8 Å². The molecular weight excluding hydrogens is 308 g/mol. The van der Waals surface area contributed by atoms with E-state index in [9.17, 15) is 4.79 Å². The first-order valence-corrected chi connectivity index (χ1v) is 8.81. The first kappa shape index (κ1) is 15.8. The van der Waals surface area contributed by atoms with Gasteiger partial charge in [-0.25, -0.2) is 4.98 Å². The highest BCUT2D eigenvalue weighted by atomic mass is 32.2. The molecule has 5 nitrogen and oxygen atoms in total. The van der Waals surface area contributed by atoms with Gasteiger partial charge in [0, 0.05) is 47.7 Å². The molecule has 1 saturated heterocycles. The van der Waals surface area contributed by atoms with E-state index in [-0.39, 0.29) is 5.91 Å². The van der Waals surface area contributed by atoms with Crippen molar-refractivity contribution in [2.75, 3.05) is 24.2 Å². The predicted octanol–water partition coefficient (Wildman–Crippen LogP) is 3.19. The summed E-state index contributed by atoms with van der Waals surface area (Å²) in [6.07, 6.45) is 5.97. The third-order valence-corrected chi connectivity index (χ3v) is 5.02. The second kappa shape index (κ2) is 7.46. The second-order valence-electron chi connectivity index (χ2n) is 5.56. The number of nitrogens with zero attached hydrogens (tertiary/aromatic N) is 3. The van der Waals surface area contributed by atoms with E-state index >= 15 is 0 Å². The van der Waals surface area contributed by atoms with Gasteiger partial charge in [0.1, 0.15) is 5.82 Å². The van der Waals surface area contributed by atoms with Crippen LogP contribution in [0, 0.1) is 0 Å². The summed E-state index contributed by atoms with van der Waals surface area (Å²) >= 11 is 1.94. The predicted molar refractivity (Wildman–Crippen MR) is 94.2 cm³/mol. The molecule has 0 saturated carbocycles. The fraction of sp³-hybridized carbons (Fsp3) is 0.353. The van der Waals surface area contributed by atoms with Crippen LogP contribution in [0.4, 0.5) is 11.5 Å². The highest BCUT2D eigenvalue weighted by Gasteiger charge is 2.20. The maximum Gasteiger partial charge on any atom is 0.253 e. The Labute approximate surface area is 140 Å². The number of anilines is 2. The standard InChI is InChI=1S/C17H20N4OS/c1-13-5-8-21(9-10-23-13)17(22)14-3-2-4-15(11-14)20-16-12-18-6-7-19-16/h2-4,6-7,11-13H,5,8-10H2,1H3,(H,19,20). The summed E-state index contributed by atoms with van der Waals surface area (Å²) in [5.74, 6) is 1.77. The number of hydrogen-bond donors (Lipinski definition) is 1. The van der Waals surface area contributed by atoms with Crippen molar-refractivity contribution in [2.45, 2.75) is 18.6 Å². The number of rotatable bonds is 3. The number of hydrogen-bond acceptors (Lipinski definition) is 5. The molecule has 1 aromatic carbocycles. The molecule has 0 aliphatic carbocycles. The molecule has 6 heteroatoms. The van der Waals surface area contributed by atoms with Crippen LogP contribution in [0.5, 0.6) is 0 Å². The van der Waals surface area contributed by atoms with Gasteiger partial charge < -0.3 is 10.2 Å². The lowest BCUT2D eigenvalue weighted by Gasteiger charge is -2.20. The van der Waals surface area contributed by atoms with Gasteiger partial charge in [0.05, 0.1) is 6.20 Å². The van der Waals surface area contributed by atoms with Gasteiger partial charge in [-0.05, 0) is 24.6 Å². The van der Waals surface area contributed by atoms with Crippen LogP contribution in [0.3, 0.4) is 0 Å². The largest absolute Gasteiger partial charge is 0.339 e. The molecule has 3 rings (SSSR count). The van der Waals surface area contributed by atoms with Gasteiger partial charge in [-0.15, -0.1) is 0 Å². The summed E-state index contributed by atoms with van der Waals surface area (Å²) in [7, 11) is 0. The Morgan fingerprint density at radius 3 is 3.09 bits per heavy atom. The van der Waals surface area contributed by atoms with Crippen LogP contribution in [0.15, 0.2) is 42.9 Å². The highest BCUT2D eigenvalue weighted by molar-refractivity contribution is 7.99. The number of carbonyl (C=O) groups excluding carboxylic acids is 1. The average molecular weight is 328 g/mol. The molecule has 1 atom stereocenters. The topological polar surface area (TPSA) is 58.1 Å². The van der Waals surface area contributed by atoms with Gasteiger partial charge in [0.2, 0.25) is 0 Å². The maximum atomic E-state index is 12.7. The summed E-state index contributed by atoms with van der Waals surface area (Å²) in [6.45, 7) is 3.87. The second-order valence-corrected chi connectivity index (χ2v) is 7.11. The van der Waals surface area contributed by atoms with Gasteiger partial charge in [-0.3, -0.25) is 9.78 Å². The number of benzene rings is 1. The van der Waals surface area contributed by atoms with Gasteiger partial charge in [0.25, 0.3) is 5.91 Å². The molecule has 0 spiro atoms. The molecule has 1 fully saturated rings. The molecule has 1 unspecified atom stereocenters. The van der Waals surface area contributed by atoms with Crippen molar-refractivity contribution in [3.05, 3.63) is 48.4 Å². The van der Waals surface area contributed by atoms with Crippen molar-refractivity contribution in [2.24, 2.45) is 0 Å². The van der Waals surface area contributed by atoms with Crippen molar-refractivity contribution in [3.8, 4) is 0 Å². The molecule has 0 bridgehead atoms. The van der Waals surface area contributed by atoms with Crippen molar-refractivity contribution in [3.63, 3.8) is 0 Å². The van der Waals surface area contributed by atoms with E-state index in [4.69, 9.17) is 0 Å². The van der Waals surface area contributed by atoms with Crippen LogP contribution in [-0.4, -0.2) is 44.9 Å². The van der Waals surface area contributed by atoms with Crippen molar-refractivity contribution in [1.82, 2.24) is 14.9 Å². The Bertz CT molecular complexity index is 665. The molecule has 1 N–H and O–H groups in total. The van der Waals surface area contributed by atoms with Crippen LogP contribution in [0.2, 0.25) is 0 Å². The van der Waals surface area contributed by atoms with E-state index in [1.165, 1.54) is 0 Å². The Kier molecular flexibility index (Phi) is 5.12. The molecule has 0 radical (unpaired) electrons. The third kappa shape index (κ3) is 4.22. The van der Waals surface area contributed by atoms with E-state index in [1.807, 2.05) is 40.9 Å². The SMILES string of the molecule is CC1CCN(C(=O)c2cccc(Nc3cnccn3)c2)CCS1. The number of nitrogens with one attached hydrogen (secondary N) is 1. The molecule has 23 heavy (non-hydrogen) atoms. The zero-order valence-corrected chi connectivity index (χ0v) is 13.9. The fourth-order valence-electron chi connectivity index (χ4n) is 2.52. The first-order valence-electron chi connectivity index (χ1n) is 7.76. The number of thioether (sulfide) groups is 1. The lowest BCUT2D eigenvalue weighted by molar-refractivity contribution is 0.0767. The van der Waals surface area contributed by atoms with Gasteiger partial charge in [-0.1, -0.05) is 13.0 Å². The Morgan fingerprint density at radius 2 is 2.26 bits per heavy atom. The number of amides is 1. The first-order chi connectivity index (χ1) is 11.2. The smallest absolute Gasteiger partial charge is 0.253 e. The monoisotopic (exact) mass is 328 g/mol. The van der Waals surface area contributed by atoms with Crippen molar-refractivity contribution in [1.29, 1.82) is 0 Å². The highest BCUT2D eigenvalue weighted by Crippen LogP contribution is 2.21. The van der Waals surface area contributed by atoms with E-state index in [1.54, 1.807) is 18.6 Å². The normalized spacial score (nSPS) is 18.3. The minimum absolute atomic E-state index is 0.0995. The summed E-state index contributed by atoms with van der Waals surface area (Å²) < 4.78 is 0. The van der Waals surface area contributed by atoms with E-state index in [0.29, 0.717) is 16.6 Å². The van der Waals surface area contributed by atoms with E-state index in [2.05, 4.69) is 22.2 Å². The van der Waals surface area contributed by atoms with Gasteiger partial charge in [-0.2, -0.15) is 11.8 Å². The number of aromatic nitrogens is 2. The summed E-state index contributed by atoms with van der Waals surface area (Å²) in [5.41, 5.74) is 1.55. The molecule has 2 aromatic rings. The Balaban J connectivity index is 1.72. The minimum Gasteiger partial charge on any atom is -0.339 e. The quantitative estimate of drug-likeness (QED) is 0.938. The molecule has 1 aromatic heterocycles. The summed E-state index contributed by atoms with van der Waals surface area (Å²) in [4.78, 5) is 22.9. The Hall–Kier alpha value is -2.08. The Morgan fingerprint density at radius 1 is 1.35 bits per heavy atom.